The molecule has 220 valence electrons. The van der Waals surface area contributed by atoms with Crippen LogP contribution in [-0.4, -0.2) is 97.8 Å². The zero-order chi connectivity index (χ0) is 28.7. The average molecular weight is 601 g/mol. The fraction of sp³-hybridized carbons (Fsp3) is 0.536. The molecule has 3 aromatic rings. The molecule has 1 atom stereocenters. The third-order valence-corrected chi connectivity index (χ3v) is 9.08. The quantitative estimate of drug-likeness (QED) is 0.458. The van der Waals surface area contributed by atoms with Crippen molar-refractivity contribution >= 4 is 50.5 Å². The Balaban J connectivity index is 1.38. The number of likely N-dealkylation sites (N-methyl/N-ethyl adjacent to an activating group) is 1. The number of hydrogen-bond donors (Lipinski definition) is 1. The highest BCUT2D eigenvalue weighted by molar-refractivity contribution is 7.92. The number of carbonyl (C=O) groups excluding carboxylic acids is 1. The summed E-state index contributed by atoms with van der Waals surface area (Å²) in [6, 6.07) is 8.55. The summed E-state index contributed by atoms with van der Waals surface area (Å²) >= 11 is 6.26. The molecule has 1 aromatic carbocycles. The SMILES string of the molecule is CN1CCCN(c2cc(N3CCC3)nc3cc(C4CCCCN4C(=O)c4cc(Cl)ccc4NS(C)(=O)=O)nn23)CC1. The number of rotatable bonds is 6. The lowest BCUT2D eigenvalue weighted by molar-refractivity contribution is 0.0607. The molecule has 3 saturated heterocycles. The van der Waals surface area contributed by atoms with Crippen LogP contribution in [-0.2, 0) is 10.0 Å². The van der Waals surface area contributed by atoms with Gasteiger partial charge in [0.1, 0.15) is 11.6 Å². The van der Waals surface area contributed by atoms with E-state index in [4.69, 9.17) is 21.7 Å². The molecule has 3 fully saturated rings. The van der Waals surface area contributed by atoms with Crippen molar-refractivity contribution in [3.63, 3.8) is 0 Å². The van der Waals surface area contributed by atoms with E-state index in [9.17, 15) is 13.2 Å². The summed E-state index contributed by atoms with van der Waals surface area (Å²) < 4.78 is 28.5. The van der Waals surface area contributed by atoms with Crippen LogP contribution in [0.1, 0.15) is 54.2 Å². The maximum Gasteiger partial charge on any atom is 0.256 e. The number of amides is 1. The van der Waals surface area contributed by atoms with Gasteiger partial charge in [0.2, 0.25) is 10.0 Å². The Kier molecular flexibility index (Phi) is 7.73. The molecule has 13 heteroatoms. The Bertz CT molecular complexity index is 1560. The van der Waals surface area contributed by atoms with Gasteiger partial charge in [0.05, 0.1) is 29.2 Å². The number of nitrogens with one attached hydrogen (secondary N) is 1. The summed E-state index contributed by atoms with van der Waals surface area (Å²) in [7, 11) is -1.43. The molecule has 0 saturated carbocycles. The van der Waals surface area contributed by atoms with Crippen molar-refractivity contribution in [2.75, 3.05) is 73.6 Å². The number of benzene rings is 1. The Morgan fingerprint density at radius 1 is 0.951 bits per heavy atom. The molecule has 1 N–H and O–H groups in total. The van der Waals surface area contributed by atoms with Crippen LogP contribution < -0.4 is 14.5 Å². The minimum Gasteiger partial charge on any atom is -0.356 e. The van der Waals surface area contributed by atoms with Gasteiger partial charge < -0.3 is 19.6 Å². The van der Waals surface area contributed by atoms with E-state index in [0.717, 1.165) is 94.2 Å². The fourth-order valence-corrected chi connectivity index (χ4v) is 6.70. The highest BCUT2D eigenvalue weighted by Gasteiger charge is 2.33. The van der Waals surface area contributed by atoms with Gasteiger partial charge in [-0.3, -0.25) is 9.52 Å². The van der Waals surface area contributed by atoms with Gasteiger partial charge >= 0.3 is 0 Å². The van der Waals surface area contributed by atoms with E-state index < -0.39 is 10.0 Å². The lowest BCUT2D eigenvalue weighted by Gasteiger charge is -2.35. The number of piperidine rings is 1. The molecule has 0 spiro atoms. The summed E-state index contributed by atoms with van der Waals surface area (Å²) in [5, 5.41) is 5.45. The zero-order valence-corrected chi connectivity index (χ0v) is 25.2. The summed E-state index contributed by atoms with van der Waals surface area (Å²) in [5.41, 5.74) is 2.01. The third-order valence-electron chi connectivity index (χ3n) is 8.25. The van der Waals surface area contributed by atoms with Crippen molar-refractivity contribution in [2.24, 2.45) is 0 Å². The van der Waals surface area contributed by atoms with Crippen LogP contribution in [0.25, 0.3) is 5.65 Å². The molecule has 0 radical (unpaired) electrons. The Morgan fingerprint density at radius 2 is 1.73 bits per heavy atom. The molecule has 2 aromatic heterocycles. The Morgan fingerprint density at radius 3 is 2.49 bits per heavy atom. The number of carbonyl (C=O) groups is 1. The van der Waals surface area contributed by atoms with Crippen LogP contribution in [0.4, 0.5) is 17.3 Å². The summed E-state index contributed by atoms with van der Waals surface area (Å²) in [6.07, 6.45) is 5.88. The number of nitrogens with zero attached hydrogens (tertiary/aromatic N) is 7. The van der Waals surface area contributed by atoms with Gasteiger partial charge in [-0.05, 0) is 63.9 Å². The van der Waals surface area contributed by atoms with Gasteiger partial charge in [-0.25, -0.2) is 13.4 Å². The molecule has 1 unspecified atom stereocenters. The molecule has 11 nitrogen and oxygen atoms in total. The van der Waals surface area contributed by atoms with Crippen LogP contribution in [0, 0.1) is 0 Å². The predicted octanol–water partition coefficient (Wildman–Crippen LogP) is 3.47. The van der Waals surface area contributed by atoms with Gasteiger partial charge in [-0.15, -0.1) is 0 Å². The summed E-state index contributed by atoms with van der Waals surface area (Å²) in [6.45, 7) is 6.43. The van der Waals surface area contributed by atoms with Crippen LogP contribution in [0.2, 0.25) is 5.02 Å². The van der Waals surface area contributed by atoms with Crippen LogP contribution in [0.3, 0.4) is 0 Å². The lowest BCUT2D eigenvalue weighted by Crippen LogP contribution is -2.39. The van der Waals surface area contributed by atoms with Crippen molar-refractivity contribution in [3.8, 4) is 0 Å². The van der Waals surface area contributed by atoms with Crippen molar-refractivity contribution in [1.82, 2.24) is 24.4 Å². The lowest BCUT2D eigenvalue weighted by atomic mass is 9.98. The zero-order valence-electron chi connectivity index (χ0n) is 23.6. The molecule has 1 amide bonds. The minimum atomic E-state index is -3.59. The largest absolute Gasteiger partial charge is 0.356 e. The molecular formula is C28H37ClN8O3S. The predicted molar refractivity (Wildman–Crippen MR) is 162 cm³/mol. The molecule has 6 rings (SSSR count). The maximum atomic E-state index is 14.0. The van der Waals surface area contributed by atoms with Crippen molar-refractivity contribution in [3.05, 3.63) is 46.6 Å². The Hall–Kier alpha value is -3.09. The van der Waals surface area contributed by atoms with Gasteiger partial charge in [0.15, 0.2) is 5.65 Å². The van der Waals surface area contributed by atoms with Crippen molar-refractivity contribution in [1.29, 1.82) is 0 Å². The number of aromatic nitrogens is 3. The van der Waals surface area contributed by atoms with E-state index in [0.29, 0.717) is 11.6 Å². The van der Waals surface area contributed by atoms with Crippen LogP contribution in [0.15, 0.2) is 30.3 Å². The standard InChI is InChI=1S/C28H37ClN8O3S/c1-33-10-5-13-35(16-15-33)27-19-25(34-11-6-12-34)30-26-18-23(31-37(26)27)24-7-3-4-14-36(24)28(38)21-17-20(29)8-9-22(21)32-41(2,39)40/h8-9,17-19,24,32H,3-7,10-16H2,1-2H3. The minimum absolute atomic E-state index is 0.218. The smallest absolute Gasteiger partial charge is 0.256 e. The monoisotopic (exact) mass is 600 g/mol. The molecule has 41 heavy (non-hydrogen) atoms. The second-order valence-corrected chi connectivity index (χ2v) is 13.6. The van der Waals surface area contributed by atoms with Crippen molar-refractivity contribution < 1.29 is 13.2 Å². The number of fused-ring (bicyclic) bond motifs is 1. The van der Waals surface area contributed by atoms with E-state index in [2.05, 4.69) is 32.5 Å². The number of halogens is 1. The number of likely N-dealkylation sites (tertiary alicyclic amines) is 1. The summed E-state index contributed by atoms with van der Waals surface area (Å²) in [5.74, 6) is 1.72. The number of sulfonamides is 1. The van der Waals surface area contributed by atoms with E-state index >= 15 is 0 Å². The fourth-order valence-electron chi connectivity index (χ4n) is 5.95. The molecule has 0 aliphatic carbocycles. The topological polar surface area (TPSA) is 106 Å². The summed E-state index contributed by atoms with van der Waals surface area (Å²) in [4.78, 5) is 27.8. The van der Waals surface area contributed by atoms with E-state index in [1.54, 1.807) is 11.0 Å². The van der Waals surface area contributed by atoms with E-state index in [1.165, 1.54) is 18.6 Å². The normalized spacial score (nSPS) is 20.7. The first-order valence-corrected chi connectivity index (χ1v) is 16.6. The average Bonchev–Trinajstić information content (AvgIpc) is 3.21. The second kappa shape index (κ2) is 11.3. The van der Waals surface area contributed by atoms with Gasteiger partial charge in [0.25, 0.3) is 5.91 Å². The molecule has 0 bridgehead atoms. The highest BCUT2D eigenvalue weighted by atomic mass is 35.5. The Labute approximate surface area is 246 Å². The number of hydrogen-bond acceptors (Lipinski definition) is 8. The highest BCUT2D eigenvalue weighted by Crippen LogP contribution is 2.35. The molecule has 5 heterocycles. The third kappa shape index (κ3) is 5.96. The van der Waals surface area contributed by atoms with E-state index in [1.807, 2.05) is 10.6 Å². The molecular weight excluding hydrogens is 564 g/mol. The van der Waals surface area contributed by atoms with Crippen molar-refractivity contribution in [2.45, 2.75) is 38.1 Å². The second-order valence-electron chi connectivity index (χ2n) is 11.4. The van der Waals surface area contributed by atoms with Crippen LogP contribution >= 0.6 is 11.6 Å². The number of anilines is 3. The first kappa shape index (κ1) is 28.0. The molecule has 3 aliphatic rings. The van der Waals surface area contributed by atoms with Gasteiger partial charge in [-0.2, -0.15) is 9.61 Å². The molecule has 3 aliphatic heterocycles. The first-order valence-electron chi connectivity index (χ1n) is 14.3. The van der Waals surface area contributed by atoms with Gasteiger partial charge in [0, 0.05) is 56.4 Å². The van der Waals surface area contributed by atoms with Gasteiger partial charge in [-0.1, -0.05) is 11.6 Å². The maximum absolute atomic E-state index is 14.0. The van der Waals surface area contributed by atoms with Crippen LogP contribution in [0.5, 0.6) is 0 Å². The first-order chi connectivity index (χ1) is 19.7. The van der Waals surface area contributed by atoms with E-state index in [-0.39, 0.29) is 23.2 Å².